The normalized spacial score (nSPS) is 13.7. The molecule has 1 fully saturated rings. The first-order valence-corrected chi connectivity index (χ1v) is 9.69. The van der Waals surface area contributed by atoms with Crippen LogP contribution >= 0.6 is 11.8 Å². The molecule has 0 saturated heterocycles. The lowest BCUT2D eigenvalue weighted by Gasteiger charge is -2.25. The molecule has 0 amide bonds. The van der Waals surface area contributed by atoms with Crippen LogP contribution < -0.4 is 10.6 Å². The number of ether oxygens (including phenoxy) is 1. The van der Waals surface area contributed by atoms with Crippen LogP contribution in [0.3, 0.4) is 0 Å². The van der Waals surface area contributed by atoms with Gasteiger partial charge >= 0.3 is 0 Å². The van der Waals surface area contributed by atoms with Gasteiger partial charge in [0.15, 0.2) is 5.17 Å². The molecule has 27 heavy (non-hydrogen) atoms. The molecule has 1 saturated carbocycles. The second kappa shape index (κ2) is 10.8. The minimum atomic E-state index is 0.243. The molecular formula is C20H26N4O2S. The molecule has 144 valence electrons. The van der Waals surface area contributed by atoms with Crippen LogP contribution in [-0.2, 0) is 9.53 Å². The Bertz CT molecular complexity index is 806. The fourth-order valence-electron chi connectivity index (χ4n) is 2.90. The molecule has 3 rings (SSSR count). The van der Waals surface area contributed by atoms with Crippen molar-refractivity contribution < 1.29 is 9.53 Å². The predicted molar refractivity (Wildman–Crippen MR) is 116 cm³/mol. The van der Waals surface area contributed by atoms with Crippen molar-refractivity contribution in [2.24, 2.45) is 15.9 Å². The second-order valence-corrected chi connectivity index (χ2v) is 7.00. The maximum Gasteiger partial charge on any atom is 0.191 e. The summed E-state index contributed by atoms with van der Waals surface area (Å²) < 4.78 is 4.25. The summed E-state index contributed by atoms with van der Waals surface area (Å²) >= 11 is 1.30. The number of nitrogens with zero attached hydrogens (tertiary/aromatic N) is 3. The summed E-state index contributed by atoms with van der Waals surface area (Å²) in [5.41, 5.74) is 8.36. The van der Waals surface area contributed by atoms with E-state index < -0.39 is 0 Å². The van der Waals surface area contributed by atoms with Crippen molar-refractivity contribution in [3.8, 4) is 0 Å². The van der Waals surface area contributed by atoms with E-state index in [-0.39, 0.29) is 6.67 Å². The Morgan fingerprint density at radius 1 is 1.30 bits per heavy atom. The van der Waals surface area contributed by atoms with E-state index in [1.807, 2.05) is 11.0 Å². The van der Waals surface area contributed by atoms with Gasteiger partial charge in [-0.2, -0.15) is 5.10 Å². The number of rotatable bonds is 6. The minimum Gasteiger partial charge on any atom is -0.388 e. The summed E-state index contributed by atoms with van der Waals surface area (Å²) in [6, 6.07) is 12.6. The van der Waals surface area contributed by atoms with Gasteiger partial charge in [0.2, 0.25) is 0 Å². The van der Waals surface area contributed by atoms with Gasteiger partial charge in [0.25, 0.3) is 0 Å². The van der Waals surface area contributed by atoms with E-state index in [9.17, 15) is 4.79 Å². The van der Waals surface area contributed by atoms with Crippen LogP contribution in [0.2, 0.25) is 0 Å². The van der Waals surface area contributed by atoms with E-state index in [1.54, 1.807) is 14.2 Å². The van der Waals surface area contributed by atoms with Crippen molar-refractivity contribution in [2.75, 3.05) is 31.5 Å². The highest BCUT2D eigenvalue weighted by molar-refractivity contribution is 8.14. The summed E-state index contributed by atoms with van der Waals surface area (Å²) in [5, 5.41) is 10.6. The van der Waals surface area contributed by atoms with Crippen LogP contribution in [0.25, 0.3) is 10.8 Å². The highest BCUT2D eigenvalue weighted by Gasteiger charge is 2.26. The number of carbonyl (C=O) groups is 1. The molecule has 0 aliphatic heterocycles. The number of anilines is 1. The third-order valence-corrected chi connectivity index (χ3v) is 4.96. The largest absolute Gasteiger partial charge is 0.388 e. The first-order chi connectivity index (χ1) is 13.2. The summed E-state index contributed by atoms with van der Waals surface area (Å²) in [6.45, 7) is 3.66. The van der Waals surface area contributed by atoms with Crippen LogP contribution in [0.4, 0.5) is 5.69 Å². The molecule has 0 atom stereocenters. The van der Waals surface area contributed by atoms with E-state index in [4.69, 9.17) is 5.73 Å². The Morgan fingerprint density at radius 3 is 2.52 bits per heavy atom. The first kappa shape index (κ1) is 21.1. The van der Waals surface area contributed by atoms with Crippen LogP contribution in [-0.4, -0.2) is 44.8 Å². The molecule has 2 aromatic rings. The highest BCUT2D eigenvalue weighted by atomic mass is 32.2. The van der Waals surface area contributed by atoms with Crippen molar-refractivity contribution in [3.05, 3.63) is 42.0 Å². The minimum absolute atomic E-state index is 0.243. The molecule has 0 aromatic heterocycles. The van der Waals surface area contributed by atoms with Crippen molar-refractivity contribution in [2.45, 2.75) is 18.8 Å². The van der Waals surface area contributed by atoms with Gasteiger partial charge in [0.1, 0.15) is 6.29 Å². The number of hydrogen-bond acceptors (Lipinski definition) is 6. The molecule has 0 spiro atoms. The molecule has 1 aliphatic rings. The van der Waals surface area contributed by atoms with Crippen LogP contribution in [0.5, 0.6) is 0 Å². The Hall–Kier alpha value is -2.22. The number of thioether (sulfide) groups is 1. The molecule has 0 bridgehead atoms. The number of benzene rings is 2. The number of carbonyl (C=O) groups excluding carboxylic acids is 1. The summed E-state index contributed by atoms with van der Waals surface area (Å²) in [7, 11) is 3.25. The lowest BCUT2D eigenvalue weighted by Crippen LogP contribution is -2.34. The van der Waals surface area contributed by atoms with Crippen LogP contribution in [0, 0.1) is 0 Å². The van der Waals surface area contributed by atoms with Gasteiger partial charge < -0.3 is 20.2 Å². The Labute approximate surface area is 164 Å². The monoisotopic (exact) mass is 386 g/mol. The third-order valence-electron chi connectivity index (χ3n) is 4.09. The molecule has 6 nitrogen and oxygen atoms in total. The number of amidine groups is 1. The van der Waals surface area contributed by atoms with E-state index in [1.165, 1.54) is 35.6 Å². The van der Waals surface area contributed by atoms with Gasteiger partial charge in [-0.1, -0.05) is 42.1 Å². The van der Waals surface area contributed by atoms with Crippen molar-refractivity contribution in [1.82, 2.24) is 0 Å². The van der Waals surface area contributed by atoms with Gasteiger partial charge in [-0.15, -0.1) is 5.10 Å². The maximum atomic E-state index is 10.7. The topological polar surface area (TPSA) is 80.3 Å². The molecule has 0 heterocycles. The standard InChI is InChI=1S/C18H20N4OS.C2H6O/c1-20-21-18(24-11-10-23)22(12-19)17-9-8-14(13-6-7-13)15-4-2-3-5-16(15)17;1-3-2/h2-5,8-10,13H,1,6-7,11-12,19H2;1-2H3/b21-18+;. The average molecular weight is 387 g/mol. The fraction of sp³-hybridized carbons (Fsp3) is 0.350. The van der Waals surface area contributed by atoms with Crippen LogP contribution in [0.1, 0.15) is 24.3 Å². The average Bonchev–Trinajstić information content (AvgIpc) is 3.52. The van der Waals surface area contributed by atoms with Crippen LogP contribution in [0.15, 0.2) is 46.6 Å². The molecule has 0 unspecified atom stereocenters. The van der Waals surface area contributed by atoms with Gasteiger partial charge in [0.05, 0.1) is 18.1 Å². The molecule has 7 heteroatoms. The quantitative estimate of drug-likeness (QED) is 0.270. The Balaban J connectivity index is 0.000000817. The van der Waals surface area contributed by atoms with E-state index in [2.05, 4.69) is 52.0 Å². The fourth-order valence-corrected chi connectivity index (χ4v) is 3.56. The van der Waals surface area contributed by atoms with Crippen molar-refractivity contribution in [3.63, 3.8) is 0 Å². The SMILES string of the molecule is C=N/N=C(/SCC=O)N(CN)c1ccc(C2CC2)c2ccccc12.COC. The van der Waals surface area contributed by atoms with Crippen molar-refractivity contribution in [1.29, 1.82) is 0 Å². The zero-order chi connectivity index (χ0) is 19.6. The lowest BCUT2D eigenvalue weighted by molar-refractivity contribution is -0.105. The lowest BCUT2D eigenvalue weighted by atomic mass is 9.99. The second-order valence-electron chi connectivity index (χ2n) is 6.01. The number of aldehydes is 1. The Morgan fingerprint density at radius 2 is 1.96 bits per heavy atom. The van der Waals surface area contributed by atoms with Gasteiger partial charge in [-0.05, 0) is 35.8 Å². The number of methoxy groups -OCH3 is 1. The summed E-state index contributed by atoms with van der Waals surface area (Å²) in [6.07, 6.45) is 3.35. The number of fused-ring (bicyclic) bond motifs is 1. The highest BCUT2D eigenvalue weighted by Crippen LogP contribution is 2.44. The molecule has 2 N–H and O–H groups in total. The number of hydrogen-bond donors (Lipinski definition) is 1. The smallest absolute Gasteiger partial charge is 0.191 e. The van der Waals surface area contributed by atoms with Gasteiger partial charge in [-0.3, -0.25) is 0 Å². The third kappa shape index (κ3) is 5.38. The predicted octanol–water partition coefficient (Wildman–Crippen LogP) is 3.61. The molecular weight excluding hydrogens is 360 g/mol. The zero-order valence-electron chi connectivity index (χ0n) is 15.8. The summed E-state index contributed by atoms with van der Waals surface area (Å²) in [5.74, 6) is 0.964. The molecule has 2 aromatic carbocycles. The molecule has 0 radical (unpaired) electrons. The first-order valence-electron chi connectivity index (χ1n) is 8.71. The van der Waals surface area contributed by atoms with Gasteiger partial charge in [-0.25, -0.2) is 0 Å². The zero-order valence-corrected chi connectivity index (χ0v) is 16.6. The summed E-state index contributed by atoms with van der Waals surface area (Å²) in [4.78, 5) is 12.6. The molecule has 1 aliphatic carbocycles. The van der Waals surface area contributed by atoms with Crippen molar-refractivity contribution >= 4 is 46.4 Å². The Kier molecular flexibility index (Phi) is 8.44. The number of nitrogens with two attached hydrogens (primary N) is 1. The van der Waals surface area contributed by atoms with E-state index in [0.717, 1.165) is 17.4 Å². The van der Waals surface area contributed by atoms with E-state index in [0.29, 0.717) is 16.8 Å². The van der Waals surface area contributed by atoms with E-state index >= 15 is 0 Å². The maximum absolute atomic E-state index is 10.7. The van der Waals surface area contributed by atoms with Gasteiger partial charge in [0, 0.05) is 26.3 Å².